The van der Waals surface area contributed by atoms with Gasteiger partial charge in [-0.1, -0.05) is 11.8 Å². The molecule has 0 aliphatic heterocycles. The molecule has 6 nitrogen and oxygen atoms in total. The Labute approximate surface area is 171 Å². The molecule has 10 heteroatoms. The Kier molecular flexibility index (Phi) is 5.87. The SMILES string of the molecule is Cn1ncc(C#Cc2ccc(S(N)(=O)=O)cc2)c1CNc1ccc(C(F)(F)F)cc1. The molecule has 0 saturated heterocycles. The standard InChI is InChI=1S/C20H17F3N4O2S/c1-27-19(13-25-17-8-6-16(7-9-17)20(21,22)23)15(12-26-27)5-2-14-3-10-18(11-4-14)30(24,28)29/h3-4,6-12,25H,13H2,1H3,(H2,24,28,29). The molecule has 0 aliphatic carbocycles. The van der Waals surface area contributed by atoms with Gasteiger partial charge in [0, 0.05) is 18.3 Å². The first kappa shape index (κ1) is 21.4. The molecule has 2 aromatic carbocycles. The molecule has 0 fully saturated rings. The van der Waals surface area contributed by atoms with Crippen molar-refractivity contribution in [2.24, 2.45) is 12.2 Å². The van der Waals surface area contributed by atoms with Crippen LogP contribution < -0.4 is 10.5 Å². The summed E-state index contributed by atoms with van der Waals surface area (Å²) in [5.74, 6) is 5.89. The average Bonchev–Trinajstić information content (AvgIpc) is 3.03. The molecule has 0 bridgehead atoms. The summed E-state index contributed by atoms with van der Waals surface area (Å²) in [4.78, 5) is -0.00383. The fourth-order valence-electron chi connectivity index (χ4n) is 2.61. The third kappa shape index (κ3) is 5.20. The van der Waals surface area contributed by atoms with E-state index in [2.05, 4.69) is 22.3 Å². The molecule has 156 valence electrons. The van der Waals surface area contributed by atoms with E-state index in [4.69, 9.17) is 5.14 Å². The summed E-state index contributed by atoms with van der Waals surface area (Å²) in [7, 11) is -2.03. The minimum absolute atomic E-state index is 0.00383. The second kappa shape index (κ2) is 8.22. The first-order chi connectivity index (χ1) is 14.0. The predicted octanol–water partition coefficient (Wildman–Crippen LogP) is 3.10. The first-order valence-corrected chi connectivity index (χ1v) is 10.2. The lowest BCUT2D eigenvalue weighted by Gasteiger charge is -2.10. The van der Waals surface area contributed by atoms with Gasteiger partial charge in [-0.25, -0.2) is 13.6 Å². The van der Waals surface area contributed by atoms with Crippen molar-refractivity contribution in [3.05, 3.63) is 77.1 Å². The number of sulfonamides is 1. The number of aryl methyl sites for hydroxylation is 1. The van der Waals surface area contributed by atoms with Crippen LogP contribution in [0.1, 0.15) is 22.4 Å². The van der Waals surface area contributed by atoms with Gasteiger partial charge < -0.3 is 5.32 Å². The van der Waals surface area contributed by atoms with Crippen LogP contribution in [0.25, 0.3) is 0 Å². The van der Waals surface area contributed by atoms with Crippen molar-refractivity contribution in [3.63, 3.8) is 0 Å². The Hall–Kier alpha value is -3.29. The summed E-state index contributed by atoms with van der Waals surface area (Å²) in [5, 5.41) is 12.3. The van der Waals surface area contributed by atoms with E-state index in [9.17, 15) is 21.6 Å². The van der Waals surface area contributed by atoms with Crippen molar-refractivity contribution < 1.29 is 21.6 Å². The van der Waals surface area contributed by atoms with E-state index >= 15 is 0 Å². The molecule has 1 heterocycles. The summed E-state index contributed by atoms with van der Waals surface area (Å²) in [5.41, 5.74) is 1.78. The molecule has 30 heavy (non-hydrogen) atoms. The van der Waals surface area contributed by atoms with E-state index in [-0.39, 0.29) is 4.90 Å². The minimum Gasteiger partial charge on any atom is -0.379 e. The zero-order chi connectivity index (χ0) is 21.9. The lowest BCUT2D eigenvalue weighted by atomic mass is 10.2. The molecule has 0 aliphatic rings. The van der Waals surface area contributed by atoms with Gasteiger partial charge in [-0.3, -0.25) is 4.68 Å². The maximum Gasteiger partial charge on any atom is 0.416 e. The lowest BCUT2D eigenvalue weighted by Crippen LogP contribution is -2.11. The zero-order valence-corrected chi connectivity index (χ0v) is 16.6. The zero-order valence-electron chi connectivity index (χ0n) is 15.7. The van der Waals surface area contributed by atoms with E-state index in [1.54, 1.807) is 30.1 Å². The van der Waals surface area contributed by atoms with Crippen molar-refractivity contribution in [2.75, 3.05) is 5.32 Å². The van der Waals surface area contributed by atoms with Gasteiger partial charge in [0.25, 0.3) is 0 Å². The number of nitrogens with one attached hydrogen (secondary N) is 1. The number of nitrogens with zero attached hydrogens (tertiary/aromatic N) is 2. The van der Waals surface area contributed by atoms with E-state index < -0.39 is 21.8 Å². The molecule has 1 aromatic heterocycles. The highest BCUT2D eigenvalue weighted by Crippen LogP contribution is 2.29. The fourth-order valence-corrected chi connectivity index (χ4v) is 3.12. The lowest BCUT2D eigenvalue weighted by molar-refractivity contribution is -0.137. The van der Waals surface area contributed by atoms with E-state index in [0.717, 1.165) is 17.8 Å². The van der Waals surface area contributed by atoms with Gasteiger partial charge in [-0.2, -0.15) is 18.3 Å². The quantitative estimate of drug-likeness (QED) is 0.618. The second-order valence-electron chi connectivity index (χ2n) is 6.38. The summed E-state index contributed by atoms with van der Waals surface area (Å²) < 4.78 is 62.2. The van der Waals surface area contributed by atoms with Crippen LogP contribution in [0.4, 0.5) is 18.9 Å². The van der Waals surface area contributed by atoms with Gasteiger partial charge in [-0.15, -0.1) is 0 Å². The van der Waals surface area contributed by atoms with Crippen LogP contribution in [0.15, 0.2) is 59.6 Å². The highest BCUT2D eigenvalue weighted by Gasteiger charge is 2.29. The molecule has 3 aromatic rings. The van der Waals surface area contributed by atoms with Crippen molar-refractivity contribution >= 4 is 15.7 Å². The van der Waals surface area contributed by atoms with Crippen molar-refractivity contribution in [1.29, 1.82) is 0 Å². The second-order valence-corrected chi connectivity index (χ2v) is 7.94. The Bertz CT molecular complexity index is 1200. The first-order valence-electron chi connectivity index (χ1n) is 8.61. The van der Waals surface area contributed by atoms with Crippen molar-refractivity contribution in [1.82, 2.24) is 9.78 Å². The van der Waals surface area contributed by atoms with Gasteiger partial charge >= 0.3 is 6.18 Å². The molecule has 0 amide bonds. The molecule has 0 spiro atoms. The summed E-state index contributed by atoms with van der Waals surface area (Å²) >= 11 is 0. The van der Waals surface area contributed by atoms with Crippen LogP contribution in [0.5, 0.6) is 0 Å². The van der Waals surface area contributed by atoms with Crippen LogP contribution in [0.3, 0.4) is 0 Å². The van der Waals surface area contributed by atoms with Gasteiger partial charge in [0.05, 0.1) is 34.5 Å². The fraction of sp³-hybridized carbons (Fsp3) is 0.150. The number of halogens is 3. The molecule has 0 saturated carbocycles. The Morgan fingerprint density at radius 2 is 1.70 bits per heavy atom. The van der Waals surface area contributed by atoms with Crippen LogP contribution in [-0.2, 0) is 29.8 Å². The summed E-state index contributed by atoms with van der Waals surface area (Å²) in [6.07, 6.45) is -2.80. The van der Waals surface area contributed by atoms with Crippen LogP contribution >= 0.6 is 0 Å². The number of hydrogen-bond acceptors (Lipinski definition) is 4. The van der Waals surface area contributed by atoms with Crippen molar-refractivity contribution in [3.8, 4) is 11.8 Å². The molecule has 0 atom stereocenters. The maximum atomic E-state index is 12.7. The number of rotatable bonds is 4. The molecule has 0 radical (unpaired) electrons. The number of primary sulfonamides is 1. The van der Waals surface area contributed by atoms with Gasteiger partial charge in [-0.05, 0) is 48.5 Å². The predicted molar refractivity (Wildman–Crippen MR) is 106 cm³/mol. The summed E-state index contributed by atoms with van der Waals surface area (Å²) in [6, 6.07) is 10.6. The smallest absolute Gasteiger partial charge is 0.379 e. The van der Waals surface area contributed by atoms with Crippen LogP contribution in [0, 0.1) is 11.8 Å². The van der Waals surface area contributed by atoms with Crippen LogP contribution in [0.2, 0.25) is 0 Å². The van der Waals surface area contributed by atoms with Crippen LogP contribution in [-0.4, -0.2) is 18.2 Å². The van der Waals surface area contributed by atoms with Gasteiger partial charge in [0.1, 0.15) is 0 Å². The number of anilines is 1. The number of nitrogens with two attached hydrogens (primary N) is 1. The average molecular weight is 434 g/mol. The van der Waals surface area contributed by atoms with Gasteiger partial charge in [0.15, 0.2) is 0 Å². The number of benzene rings is 2. The topological polar surface area (TPSA) is 90.0 Å². The molecule has 3 N–H and O–H groups in total. The Morgan fingerprint density at radius 3 is 2.27 bits per heavy atom. The normalized spacial score (nSPS) is 11.6. The highest BCUT2D eigenvalue weighted by molar-refractivity contribution is 7.89. The number of hydrogen-bond donors (Lipinski definition) is 2. The number of aromatic nitrogens is 2. The minimum atomic E-state index is -4.38. The summed E-state index contributed by atoms with van der Waals surface area (Å²) in [6.45, 7) is 0.302. The number of alkyl halides is 3. The maximum absolute atomic E-state index is 12.7. The Morgan fingerprint density at radius 1 is 1.07 bits per heavy atom. The van der Waals surface area contributed by atoms with Gasteiger partial charge in [0.2, 0.25) is 10.0 Å². The highest BCUT2D eigenvalue weighted by atomic mass is 32.2. The monoisotopic (exact) mass is 434 g/mol. The third-order valence-corrected chi connectivity index (χ3v) is 5.19. The van der Waals surface area contributed by atoms with Crippen molar-refractivity contribution in [2.45, 2.75) is 17.6 Å². The molecular formula is C20H17F3N4O2S. The van der Waals surface area contributed by atoms with E-state index in [1.165, 1.54) is 24.3 Å². The third-order valence-electron chi connectivity index (χ3n) is 4.26. The molecule has 0 unspecified atom stereocenters. The molecule has 3 rings (SSSR count). The Balaban J connectivity index is 1.74. The van der Waals surface area contributed by atoms with E-state index in [1.807, 2.05) is 0 Å². The largest absolute Gasteiger partial charge is 0.416 e. The molecular weight excluding hydrogens is 417 g/mol. The van der Waals surface area contributed by atoms with E-state index in [0.29, 0.717) is 23.4 Å².